The predicted octanol–water partition coefficient (Wildman–Crippen LogP) is 0.727. The number of nitrogens with one attached hydrogen (secondary N) is 1. The lowest BCUT2D eigenvalue weighted by atomic mass is 10.1. The molecular weight excluding hydrogens is 126 g/mol. The first-order valence-corrected chi connectivity index (χ1v) is 3.59. The van der Waals surface area contributed by atoms with Crippen molar-refractivity contribution >= 4 is 5.82 Å². The van der Waals surface area contributed by atoms with Crippen molar-refractivity contribution in [2.45, 2.75) is 19.8 Å². The van der Waals surface area contributed by atoms with Gasteiger partial charge in [-0.25, -0.2) is 0 Å². The Morgan fingerprint density at radius 2 is 2.40 bits per heavy atom. The second-order valence-electron chi connectivity index (χ2n) is 3.08. The van der Waals surface area contributed by atoms with E-state index >= 15 is 0 Å². The van der Waals surface area contributed by atoms with Crippen LogP contribution in [-0.2, 0) is 12.8 Å². The molecular formula is C7H11N3. The van der Waals surface area contributed by atoms with Crippen molar-refractivity contribution < 1.29 is 0 Å². The van der Waals surface area contributed by atoms with Crippen molar-refractivity contribution in [2.24, 2.45) is 5.92 Å². The molecule has 2 rings (SSSR count). The number of nitrogens with two attached hydrogens (primary N) is 1. The number of rotatable bonds is 0. The van der Waals surface area contributed by atoms with E-state index in [9.17, 15) is 0 Å². The molecule has 1 aliphatic rings. The average Bonchev–Trinajstić information content (AvgIpc) is 2.35. The summed E-state index contributed by atoms with van der Waals surface area (Å²) in [5.41, 5.74) is 8.10. The van der Waals surface area contributed by atoms with E-state index in [0.29, 0.717) is 5.82 Å². The van der Waals surface area contributed by atoms with Gasteiger partial charge in [0.15, 0.2) is 0 Å². The van der Waals surface area contributed by atoms with Crippen LogP contribution < -0.4 is 5.73 Å². The minimum Gasteiger partial charge on any atom is -0.382 e. The lowest BCUT2D eigenvalue weighted by Crippen LogP contribution is -1.95. The fourth-order valence-electron chi connectivity index (χ4n) is 1.58. The lowest BCUT2D eigenvalue weighted by molar-refractivity contribution is 0.617. The highest BCUT2D eigenvalue weighted by molar-refractivity contribution is 5.44. The van der Waals surface area contributed by atoms with E-state index < -0.39 is 0 Å². The predicted molar refractivity (Wildman–Crippen MR) is 39.6 cm³/mol. The van der Waals surface area contributed by atoms with Crippen LogP contribution in [0.2, 0.25) is 0 Å². The van der Waals surface area contributed by atoms with Gasteiger partial charge in [-0.1, -0.05) is 6.92 Å². The molecule has 1 heterocycles. The van der Waals surface area contributed by atoms with Gasteiger partial charge >= 0.3 is 0 Å². The van der Waals surface area contributed by atoms with Crippen LogP contribution in [0.5, 0.6) is 0 Å². The van der Waals surface area contributed by atoms with Gasteiger partial charge in [-0.3, -0.25) is 5.10 Å². The van der Waals surface area contributed by atoms with E-state index in [1.807, 2.05) is 0 Å². The molecule has 0 bridgehead atoms. The largest absolute Gasteiger partial charge is 0.382 e. The number of fused-ring (bicyclic) bond motifs is 1. The Labute approximate surface area is 59.6 Å². The molecule has 0 amide bonds. The summed E-state index contributed by atoms with van der Waals surface area (Å²) in [5.74, 6) is 1.44. The summed E-state index contributed by atoms with van der Waals surface area (Å²) in [6.45, 7) is 2.23. The van der Waals surface area contributed by atoms with Crippen molar-refractivity contribution in [3.05, 3.63) is 11.3 Å². The molecule has 3 N–H and O–H groups in total. The van der Waals surface area contributed by atoms with Crippen molar-refractivity contribution in [1.29, 1.82) is 0 Å². The van der Waals surface area contributed by atoms with Crippen LogP contribution in [-0.4, -0.2) is 10.2 Å². The fraction of sp³-hybridized carbons (Fsp3) is 0.571. The van der Waals surface area contributed by atoms with Crippen LogP contribution in [0.15, 0.2) is 0 Å². The third-order valence-corrected chi connectivity index (χ3v) is 2.09. The van der Waals surface area contributed by atoms with Gasteiger partial charge in [0.25, 0.3) is 0 Å². The van der Waals surface area contributed by atoms with Gasteiger partial charge in [0.1, 0.15) is 5.82 Å². The standard InChI is InChI=1S/C7H11N3/c1-4-2-5-6(3-4)9-10-7(5)8/h4H,2-3H2,1H3,(H3,8,9,10). The molecule has 3 nitrogen and oxygen atoms in total. The Morgan fingerprint density at radius 1 is 1.60 bits per heavy atom. The van der Waals surface area contributed by atoms with Crippen molar-refractivity contribution in [3.63, 3.8) is 0 Å². The van der Waals surface area contributed by atoms with Crippen molar-refractivity contribution in [1.82, 2.24) is 10.2 Å². The summed E-state index contributed by atoms with van der Waals surface area (Å²) in [4.78, 5) is 0. The zero-order valence-electron chi connectivity index (χ0n) is 6.02. The molecule has 0 saturated heterocycles. The van der Waals surface area contributed by atoms with Gasteiger partial charge in [-0.2, -0.15) is 5.10 Å². The number of hydrogen-bond acceptors (Lipinski definition) is 2. The van der Waals surface area contributed by atoms with E-state index in [1.54, 1.807) is 0 Å². The molecule has 1 aliphatic carbocycles. The molecule has 1 aromatic heterocycles. The van der Waals surface area contributed by atoms with Gasteiger partial charge in [-0.15, -0.1) is 0 Å². The summed E-state index contributed by atoms with van der Waals surface area (Å²) < 4.78 is 0. The first-order chi connectivity index (χ1) is 4.77. The molecule has 0 spiro atoms. The van der Waals surface area contributed by atoms with Crippen LogP contribution in [0.3, 0.4) is 0 Å². The van der Waals surface area contributed by atoms with Crippen LogP contribution in [0.1, 0.15) is 18.2 Å². The molecule has 1 aromatic rings. The zero-order valence-corrected chi connectivity index (χ0v) is 6.02. The van der Waals surface area contributed by atoms with E-state index in [1.165, 1.54) is 11.3 Å². The highest BCUT2D eigenvalue weighted by atomic mass is 15.2. The third-order valence-electron chi connectivity index (χ3n) is 2.09. The second-order valence-corrected chi connectivity index (χ2v) is 3.08. The summed E-state index contributed by atoms with van der Waals surface area (Å²) in [7, 11) is 0. The molecule has 10 heavy (non-hydrogen) atoms. The smallest absolute Gasteiger partial charge is 0.148 e. The number of aromatic nitrogens is 2. The zero-order chi connectivity index (χ0) is 7.14. The molecule has 3 heteroatoms. The normalized spacial score (nSPS) is 23.1. The van der Waals surface area contributed by atoms with E-state index in [0.717, 1.165) is 18.8 Å². The van der Waals surface area contributed by atoms with E-state index in [-0.39, 0.29) is 0 Å². The van der Waals surface area contributed by atoms with Crippen molar-refractivity contribution in [2.75, 3.05) is 5.73 Å². The number of aromatic amines is 1. The number of nitrogens with zero attached hydrogens (tertiary/aromatic N) is 1. The third kappa shape index (κ3) is 0.632. The first kappa shape index (κ1) is 5.77. The lowest BCUT2D eigenvalue weighted by Gasteiger charge is -1.96. The minimum atomic E-state index is 0.694. The average molecular weight is 137 g/mol. The number of H-pyrrole nitrogens is 1. The van der Waals surface area contributed by atoms with Gasteiger partial charge in [0.05, 0.1) is 0 Å². The maximum Gasteiger partial charge on any atom is 0.148 e. The summed E-state index contributed by atoms with van der Waals surface area (Å²) >= 11 is 0. The van der Waals surface area contributed by atoms with Gasteiger partial charge < -0.3 is 5.73 Å². The van der Waals surface area contributed by atoms with Crippen LogP contribution in [0.4, 0.5) is 5.82 Å². The Hall–Kier alpha value is -0.990. The van der Waals surface area contributed by atoms with Gasteiger partial charge in [0, 0.05) is 11.3 Å². The van der Waals surface area contributed by atoms with Crippen LogP contribution in [0.25, 0.3) is 0 Å². The maximum absolute atomic E-state index is 5.61. The fourth-order valence-corrected chi connectivity index (χ4v) is 1.58. The Bertz CT molecular complexity index is 251. The SMILES string of the molecule is CC1Cc2[nH]nc(N)c2C1. The molecule has 0 aliphatic heterocycles. The quantitative estimate of drug-likeness (QED) is 0.553. The summed E-state index contributed by atoms with van der Waals surface area (Å²) in [5, 5.41) is 6.87. The molecule has 0 radical (unpaired) electrons. The van der Waals surface area contributed by atoms with Crippen LogP contribution >= 0.6 is 0 Å². The number of nitrogen functional groups attached to an aromatic ring is 1. The summed E-state index contributed by atoms with van der Waals surface area (Å²) in [6, 6.07) is 0. The second kappa shape index (κ2) is 1.75. The van der Waals surface area contributed by atoms with Gasteiger partial charge in [0.2, 0.25) is 0 Å². The maximum atomic E-state index is 5.61. The number of hydrogen-bond donors (Lipinski definition) is 2. The Morgan fingerprint density at radius 3 is 3.10 bits per heavy atom. The topological polar surface area (TPSA) is 54.7 Å². The molecule has 1 unspecified atom stereocenters. The Kier molecular flexibility index (Phi) is 1.01. The molecule has 0 aromatic carbocycles. The Balaban J connectivity index is 2.44. The minimum absolute atomic E-state index is 0.694. The van der Waals surface area contributed by atoms with Crippen molar-refractivity contribution in [3.8, 4) is 0 Å². The monoisotopic (exact) mass is 137 g/mol. The van der Waals surface area contributed by atoms with E-state index in [4.69, 9.17) is 5.73 Å². The molecule has 1 atom stereocenters. The molecule has 0 saturated carbocycles. The summed E-state index contributed by atoms with van der Waals surface area (Å²) in [6.07, 6.45) is 2.21. The number of anilines is 1. The molecule has 0 fully saturated rings. The first-order valence-electron chi connectivity index (χ1n) is 3.59. The van der Waals surface area contributed by atoms with Crippen LogP contribution in [0, 0.1) is 5.92 Å². The highest BCUT2D eigenvalue weighted by Crippen LogP contribution is 2.27. The van der Waals surface area contributed by atoms with E-state index in [2.05, 4.69) is 17.1 Å². The van der Waals surface area contributed by atoms with Gasteiger partial charge in [-0.05, 0) is 18.8 Å². The molecule has 54 valence electrons. The highest BCUT2D eigenvalue weighted by Gasteiger charge is 2.21.